The van der Waals surface area contributed by atoms with Gasteiger partial charge in [-0.25, -0.2) is 4.39 Å². The van der Waals surface area contributed by atoms with E-state index < -0.39 is 17.8 Å². The first kappa shape index (κ1) is 18.9. The van der Waals surface area contributed by atoms with Crippen LogP contribution in [0.1, 0.15) is 29.3 Å². The Kier molecular flexibility index (Phi) is 6.94. The maximum atomic E-state index is 13.7. The standard InChI is InChI=1S/C18H20FNO4S/c1-23-15-7-5-12(10-13(15)19)6-8-17(21)20-14(11-18(22)24-2)16-4-3-9-25-16/h3-5,7,9-10,14H,6,8,11H2,1-2H3,(H,20,21). The van der Waals surface area contributed by atoms with Crippen molar-refractivity contribution in [1.29, 1.82) is 0 Å². The van der Waals surface area contributed by atoms with Crippen LogP contribution in [0.3, 0.4) is 0 Å². The highest BCUT2D eigenvalue weighted by Gasteiger charge is 2.19. The molecule has 0 saturated carbocycles. The summed E-state index contributed by atoms with van der Waals surface area (Å²) in [6.45, 7) is 0. The minimum atomic E-state index is -0.456. The Morgan fingerprint density at radius 3 is 2.68 bits per heavy atom. The van der Waals surface area contributed by atoms with Crippen LogP contribution >= 0.6 is 11.3 Å². The molecule has 0 aliphatic carbocycles. The number of benzene rings is 1. The summed E-state index contributed by atoms with van der Waals surface area (Å²) in [7, 11) is 2.71. The van der Waals surface area contributed by atoms with Gasteiger partial charge in [-0.2, -0.15) is 0 Å². The number of carbonyl (C=O) groups is 2. The van der Waals surface area contributed by atoms with Crippen molar-refractivity contribution in [3.63, 3.8) is 0 Å². The van der Waals surface area contributed by atoms with E-state index in [0.717, 1.165) is 4.88 Å². The van der Waals surface area contributed by atoms with Crippen LogP contribution in [0.15, 0.2) is 35.7 Å². The van der Waals surface area contributed by atoms with Gasteiger partial charge in [0.25, 0.3) is 0 Å². The van der Waals surface area contributed by atoms with Gasteiger partial charge in [0.15, 0.2) is 11.6 Å². The molecule has 1 heterocycles. The van der Waals surface area contributed by atoms with Crippen molar-refractivity contribution in [2.75, 3.05) is 14.2 Å². The van der Waals surface area contributed by atoms with Gasteiger partial charge in [-0.05, 0) is 35.6 Å². The number of amides is 1. The van der Waals surface area contributed by atoms with Gasteiger partial charge < -0.3 is 14.8 Å². The van der Waals surface area contributed by atoms with E-state index in [1.54, 1.807) is 6.07 Å². The van der Waals surface area contributed by atoms with Crippen molar-refractivity contribution in [2.45, 2.75) is 25.3 Å². The van der Waals surface area contributed by atoms with E-state index in [1.165, 1.54) is 37.7 Å². The summed E-state index contributed by atoms with van der Waals surface area (Å²) in [4.78, 5) is 24.7. The number of ether oxygens (including phenoxy) is 2. The molecule has 5 nitrogen and oxygen atoms in total. The maximum Gasteiger partial charge on any atom is 0.307 e. The highest BCUT2D eigenvalue weighted by atomic mass is 32.1. The van der Waals surface area contributed by atoms with Crippen LogP contribution in [-0.4, -0.2) is 26.1 Å². The molecule has 1 aromatic heterocycles. The molecule has 1 unspecified atom stereocenters. The van der Waals surface area contributed by atoms with E-state index >= 15 is 0 Å². The van der Waals surface area contributed by atoms with Crippen LogP contribution in [0.4, 0.5) is 4.39 Å². The van der Waals surface area contributed by atoms with E-state index in [-0.39, 0.29) is 24.5 Å². The number of hydrogen-bond acceptors (Lipinski definition) is 5. The highest BCUT2D eigenvalue weighted by molar-refractivity contribution is 7.10. The number of methoxy groups -OCH3 is 2. The third-order valence-electron chi connectivity index (χ3n) is 3.68. The number of carbonyl (C=O) groups excluding carboxylic acids is 2. The summed E-state index contributed by atoms with van der Waals surface area (Å²) < 4.78 is 23.2. The molecule has 1 amide bonds. The summed E-state index contributed by atoms with van der Waals surface area (Å²) in [5.74, 6) is -0.888. The fourth-order valence-corrected chi connectivity index (χ4v) is 3.13. The van der Waals surface area contributed by atoms with Gasteiger partial charge in [-0.1, -0.05) is 12.1 Å². The molecule has 134 valence electrons. The zero-order valence-electron chi connectivity index (χ0n) is 14.1. The smallest absolute Gasteiger partial charge is 0.307 e. The topological polar surface area (TPSA) is 64.6 Å². The second kappa shape index (κ2) is 9.17. The third-order valence-corrected chi connectivity index (χ3v) is 4.66. The Bertz CT molecular complexity index is 718. The van der Waals surface area contributed by atoms with Gasteiger partial charge in [0.2, 0.25) is 5.91 Å². The number of esters is 1. The molecule has 1 aromatic carbocycles. The van der Waals surface area contributed by atoms with Crippen molar-refractivity contribution in [3.05, 3.63) is 52.0 Å². The van der Waals surface area contributed by atoms with E-state index in [2.05, 4.69) is 10.1 Å². The Hall–Kier alpha value is -2.41. The quantitative estimate of drug-likeness (QED) is 0.730. The average molecular weight is 365 g/mol. The van der Waals surface area contributed by atoms with Gasteiger partial charge in [0.1, 0.15) is 0 Å². The lowest BCUT2D eigenvalue weighted by atomic mass is 10.1. The van der Waals surface area contributed by atoms with Crippen molar-refractivity contribution in [2.24, 2.45) is 0 Å². The summed E-state index contributed by atoms with van der Waals surface area (Å²) in [6.07, 6.45) is 0.650. The normalized spacial score (nSPS) is 11.6. The van der Waals surface area contributed by atoms with Crippen LogP contribution in [0.5, 0.6) is 5.75 Å². The van der Waals surface area contributed by atoms with Crippen LogP contribution < -0.4 is 10.1 Å². The van der Waals surface area contributed by atoms with Gasteiger partial charge in [-0.3, -0.25) is 9.59 Å². The molecule has 7 heteroatoms. The number of rotatable bonds is 8. The predicted octanol–water partition coefficient (Wildman–Crippen LogP) is 3.25. The first-order chi connectivity index (χ1) is 12.0. The first-order valence-electron chi connectivity index (χ1n) is 7.75. The Balaban J connectivity index is 1.94. The maximum absolute atomic E-state index is 13.7. The van der Waals surface area contributed by atoms with E-state index in [9.17, 15) is 14.0 Å². The van der Waals surface area contributed by atoms with Crippen LogP contribution in [-0.2, 0) is 20.7 Å². The molecule has 0 radical (unpaired) electrons. The molecule has 0 fully saturated rings. The summed E-state index contributed by atoms with van der Waals surface area (Å²) in [5.41, 5.74) is 0.703. The number of aryl methyl sites for hydroxylation is 1. The van der Waals surface area contributed by atoms with E-state index in [4.69, 9.17) is 4.74 Å². The SMILES string of the molecule is COC(=O)CC(NC(=O)CCc1ccc(OC)c(F)c1)c1cccs1. The van der Waals surface area contributed by atoms with Gasteiger partial charge >= 0.3 is 5.97 Å². The van der Waals surface area contributed by atoms with Crippen molar-refractivity contribution >= 4 is 23.2 Å². The van der Waals surface area contributed by atoms with Gasteiger partial charge in [0.05, 0.1) is 26.7 Å². The molecular weight excluding hydrogens is 345 g/mol. The van der Waals surface area contributed by atoms with Crippen molar-refractivity contribution in [3.8, 4) is 5.75 Å². The molecule has 0 spiro atoms. The molecule has 0 aliphatic rings. The van der Waals surface area contributed by atoms with E-state index in [0.29, 0.717) is 12.0 Å². The lowest BCUT2D eigenvalue weighted by Crippen LogP contribution is -2.30. The fraction of sp³-hybridized carbons (Fsp3) is 0.333. The van der Waals surface area contributed by atoms with Crippen molar-refractivity contribution < 1.29 is 23.5 Å². The Morgan fingerprint density at radius 2 is 2.08 bits per heavy atom. The molecule has 2 aromatic rings. The largest absolute Gasteiger partial charge is 0.494 e. The lowest BCUT2D eigenvalue weighted by Gasteiger charge is -2.16. The van der Waals surface area contributed by atoms with Crippen LogP contribution in [0, 0.1) is 5.82 Å². The average Bonchev–Trinajstić information content (AvgIpc) is 3.14. The molecule has 0 aliphatic heterocycles. The lowest BCUT2D eigenvalue weighted by molar-refractivity contribution is -0.141. The Morgan fingerprint density at radius 1 is 1.28 bits per heavy atom. The molecule has 1 atom stereocenters. The molecule has 2 rings (SSSR count). The third kappa shape index (κ3) is 5.56. The molecule has 0 bridgehead atoms. The molecule has 1 N–H and O–H groups in total. The second-order valence-corrected chi connectivity index (χ2v) is 6.36. The first-order valence-corrected chi connectivity index (χ1v) is 8.63. The zero-order valence-corrected chi connectivity index (χ0v) is 14.9. The highest BCUT2D eigenvalue weighted by Crippen LogP contribution is 2.23. The predicted molar refractivity (Wildman–Crippen MR) is 93.1 cm³/mol. The molecule has 0 saturated heterocycles. The Labute approximate surface area is 149 Å². The summed E-state index contributed by atoms with van der Waals surface area (Å²) in [6, 6.07) is 7.91. The monoisotopic (exact) mass is 365 g/mol. The molecule has 25 heavy (non-hydrogen) atoms. The zero-order chi connectivity index (χ0) is 18.2. The minimum Gasteiger partial charge on any atom is -0.494 e. The van der Waals surface area contributed by atoms with Gasteiger partial charge in [-0.15, -0.1) is 11.3 Å². The summed E-state index contributed by atoms with van der Waals surface area (Å²) >= 11 is 1.46. The second-order valence-electron chi connectivity index (χ2n) is 5.38. The molecular formula is C18H20FNO4S. The number of halogens is 1. The minimum absolute atomic E-state index is 0.0694. The number of nitrogens with one attached hydrogen (secondary N) is 1. The summed E-state index contributed by atoms with van der Waals surface area (Å²) in [5, 5.41) is 4.73. The van der Waals surface area contributed by atoms with Crippen LogP contribution in [0.25, 0.3) is 0 Å². The van der Waals surface area contributed by atoms with Crippen molar-refractivity contribution in [1.82, 2.24) is 5.32 Å². The van der Waals surface area contributed by atoms with Gasteiger partial charge in [0, 0.05) is 11.3 Å². The van der Waals surface area contributed by atoms with E-state index in [1.807, 2.05) is 17.5 Å². The number of thiophene rings is 1. The number of hydrogen-bond donors (Lipinski definition) is 1. The fourth-order valence-electron chi connectivity index (χ4n) is 2.35. The van der Waals surface area contributed by atoms with Crippen LogP contribution in [0.2, 0.25) is 0 Å².